The van der Waals surface area contributed by atoms with E-state index >= 15 is 0 Å². The summed E-state index contributed by atoms with van der Waals surface area (Å²) in [6, 6.07) is 0. The highest BCUT2D eigenvalue weighted by atomic mass is 14.1. The van der Waals surface area contributed by atoms with Gasteiger partial charge in [0.1, 0.15) is 0 Å². The lowest BCUT2D eigenvalue weighted by atomic mass is 10.2. The Hall–Kier alpha value is 0. The maximum absolute atomic E-state index is 7.52. The molecule has 0 saturated heterocycles. The monoisotopic (exact) mass is 87.1 g/mol. The summed E-state index contributed by atoms with van der Waals surface area (Å²) < 4.78 is 22.2. The zero-order valence-corrected chi connectivity index (χ0v) is 4.07. The van der Waals surface area contributed by atoms with Gasteiger partial charge in [0.05, 0.1) is 0 Å². The van der Waals surface area contributed by atoms with Crippen molar-refractivity contribution < 1.29 is 4.11 Å². The van der Waals surface area contributed by atoms with Crippen LogP contribution in [0.2, 0.25) is 0 Å². The van der Waals surface area contributed by atoms with Gasteiger partial charge < -0.3 is 0 Å². The van der Waals surface area contributed by atoms with Crippen LogP contribution in [0.1, 0.15) is 36.7 Å². The first-order valence-corrected chi connectivity index (χ1v) is 2.38. The number of rotatable bonds is 0. The van der Waals surface area contributed by atoms with Crippen LogP contribution in [0, 0.1) is 5.89 Å². The molecule has 0 nitrogen and oxygen atoms in total. The van der Waals surface area contributed by atoms with Crippen molar-refractivity contribution >= 4 is 0 Å². The summed E-state index contributed by atoms with van der Waals surface area (Å²) in [5, 5.41) is 0. The second kappa shape index (κ2) is 1.63. The van der Waals surface area contributed by atoms with Crippen LogP contribution in [-0.2, 0) is 0 Å². The predicted molar refractivity (Wildman–Crippen MR) is 27.6 cm³/mol. The van der Waals surface area contributed by atoms with E-state index in [4.69, 9.17) is 4.11 Å². The van der Waals surface area contributed by atoms with Gasteiger partial charge in [-0.25, -0.2) is 0 Å². The SMILES string of the molecule is [2H]C1CCC([2H])(C)C1[2H]. The molecule has 1 saturated carbocycles. The first kappa shape index (κ1) is 1.85. The Labute approximate surface area is 43.8 Å². The van der Waals surface area contributed by atoms with Crippen molar-refractivity contribution in [3.8, 4) is 0 Å². The van der Waals surface area contributed by atoms with Gasteiger partial charge in [0, 0.05) is 4.11 Å². The van der Waals surface area contributed by atoms with Crippen molar-refractivity contribution in [2.75, 3.05) is 0 Å². The van der Waals surface area contributed by atoms with Gasteiger partial charge >= 0.3 is 0 Å². The first-order valence-electron chi connectivity index (χ1n) is 4.04. The molecule has 3 atom stereocenters. The average Bonchev–Trinajstić information content (AvgIpc) is 1.97. The molecular weight excluding hydrogens is 72.1 g/mol. The van der Waals surface area contributed by atoms with Crippen molar-refractivity contribution in [2.24, 2.45) is 5.89 Å². The summed E-state index contributed by atoms with van der Waals surface area (Å²) >= 11 is 0. The van der Waals surface area contributed by atoms with Crippen LogP contribution in [0.3, 0.4) is 0 Å². The Bertz CT molecular complexity index is 111. The van der Waals surface area contributed by atoms with Gasteiger partial charge in [-0.3, -0.25) is 0 Å². The molecule has 0 spiro atoms. The van der Waals surface area contributed by atoms with Gasteiger partial charge in [-0.15, -0.1) is 0 Å². The third-order valence-electron chi connectivity index (χ3n) is 1.11. The van der Waals surface area contributed by atoms with Gasteiger partial charge in [-0.1, -0.05) is 32.6 Å². The van der Waals surface area contributed by atoms with Crippen molar-refractivity contribution in [1.82, 2.24) is 0 Å². The van der Waals surface area contributed by atoms with E-state index in [1.807, 2.05) is 0 Å². The summed E-state index contributed by atoms with van der Waals surface area (Å²) in [6.45, 7) is 1.75. The second-order valence-electron chi connectivity index (χ2n) is 1.79. The molecular formula is C6H12. The quantitative estimate of drug-likeness (QED) is 0.425. The van der Waals surface area contributed by atoms with E-state index < -0.39 is 12.3 Å². The standard InChI is InChI=1S/C6H12/c1-6-4-2-3-5-6/h6H,2-5H2,1H3/i2D,4D,6D. The van der Waals surface area contributed by atoms with E-state index in [1.54, 1.807) is 6.92 Å². The topological polar surface area (TPSA) is 0 Å². The van der Waals surface area contributed by atoms with Crippen molar-refractivity contribution in [3.63, 3.8) is 0 Å². The molecule has 0 bridgehead atoms. The Kier molecular flexibility index (Phi) is 0.504. The van der Waals surface area contributed by atoms with Crippen molar-refractivity contribution in [1.29, 1.82) is 0 Å². The highest BCUT2D eigenvalue weighted by Crippen LogP contribution is 2.22. The largest absolute Gasteiger partial charge is 0.0625 e. The minimum atomic E-state index is -0.646. The highest BCUT2D eigenvalue weighted by molar-refractivity contribution is 4.60. The second-order valence-corrected chi connectivity index (χ2v) is 1.79. The van der Waals surface area contributed by atoms with E-state index in [2.05, 4.69) is 0 Å². The lowest BCUT2D eigenvalue weighted by Gasteiger charge is -1.91. The Balaban J connectivity index is 2.62. The summed E-state index contributed by atoms with van der Waals surface area (Å²) in [6.07, 6.45) is 0.647. The molecule has 1 aliphatic rings. The molecule has 0 heteroatoms. The Morgan fingerprint density at radius 2 is 2.83 bits per heavy atom. The van der Waals surface area contributed by atoms with Crippen LogP contribution in [0.5, 0.6) is 0 Å². The third kappa shape index (κ3) is 0.735. The molecule has 0 aromatic heterocycles. The van der Waals surface area contributed by atoms with Gasteiger partial charge in [-0.2, -0.15) is 0 Å². The van der Waals surface area contributed by atoms with Crippen LogP contribution < -0.4 is 0 Å². The van der Waals surface area contributed by atoms with Crippen LogP contribution in [0.4, 0.5) is 0 Å². The molecule has 0 aromatic carbocycles. The lowest BCUT2D eigenvalue weighted by molar-refractivity contribution is 0.612. The maximum Gasteiger partial charge on any atom is 0.0300 e. The molecule has 3 unspecified atom stereocenters. The normalized spacial score (nSPS) is 78.5. The lowest BCUT2D eigenvalue weighted by Crippen LogP contribution is -1.78. The molecule has 0 N–H and O–H groups in total. The van der Waals surface area contributed by atoms with Gasteiger partial charge in [0.25, 0.3) is 0 Å². The van der Waals surface area contributed by atoms with Crippen molar-refractivity contribution in [2.45, 2.75) is 32.6 Å². The summed E-state index contributed by atoms with van der Waals surface area (Å²) in [5.41, 5.74) is 0. The minimum Gasteiger partial charge on any atom is -0.0625 e. The summed E-state index contributed by atoms with van der Waals surface area (Å²) in [4.78, 5) is 0. The summed E-state index contributed by atoms with van der Waals surface area (Å²) in [7, 11) is 0. The first-order chi connectivity index (χ1) is 4.04. The Morgan fingerprint density at radius 3 is 3.00 bits per heavy atom. The van der Waals surface area contributed by atoms with Crippen LogP contribution in [0.25, 0.3) is 0 Å². The third-order valence-corrected chi connectivity index (χ3v) is 1.11. The van der Waals surface area contributed by atoms with Crippen LogP contribution in [-0.4, -0.2) is 0 Å². The predicted octanol–water partition coefficient (Wildman–Crippen LogP) is 2.20. The summed E-state index contributed by atoms with van der Waals surface area (Å²) in [5.74, 6) is -0.646. The molecule has 0 aliphatic heterocycles. The fraction of sp³-hybridized carbons (Fsp3) is 1.00. The van der Waals surface area contributed by atoms with Crippen LogP contribution >= 0.6 is 0 Å². The highest BCUT2D eigenvalue weighted by Gasteiger charge is 2.07. The molecule has 0 aromatic rings. The molecule has 1 fully saturated rings. The molecule has 1 aliphatic carbocycles. The Morgan fingerprint density at radius 1 is 2.00 bits per heavy atom. The molecule has 0 radical (unpaired) electrons. The molecule has 36 valence electrons. The molecule has 1 rings (SSSR count). The fourth-order valence-corrected chi connectivity index (χ4v) is 0.679. The van der Waals surface area contributed by atoms with Crippen LogP contribution in [0.15, 0.2) is 0 Å². The number of hydrogen-bond donors (Lipinski definition) is 0. The van der Waals surface area contributed by atoms with Gasteiger partial charge in [0.15, 0.2) is 0 Å². The van der Waals surface area contributed by atoms with Gasteiger partial charge in [0.2, 0.25) is 0 Å². The van der Waals surface area contributed by atoms with E-state index in [9.17, 15) is 0 Å². The molecule has 6 heavy (non-hydrogen) atoms. The smallest absolute Gasteiger partial charge is 0.0300 e. The maximum atomic E-state index is 7.52. The van der Waals surface area contributed by atoms with E-state index in [-0.39, 0.29) is 6.40 Å². The zero-order valence-electron chi connectivity index (χ0n) is 7.07. The van der Waals surface area contributed by atoms with Gasteiger partial charge in [-0.05, 0) is 5.89 Å². The number of hydrogen-bond acceptors (Lipinski definition) is 0. The van der Waals surface area contributed by atoms with E-state index in [0.29, 0.717) is 0 Å². The van der Waals surface area contributed by atoms with E-state index in [0.717, 1.165) is 12.8 Å². The van der Waals surface area contributed by atoms with E-state index in [1.165, 1.54) is 0 Å². The fourth-order valence-electron chi connectivity index (χ4n) is 0.679. The molecule has 0 amide bonds. The minimum absolute atomic E-state index is 0.313. The molecule has 0 heterocycles. The average molecular weight is 87.2 g/mol. The van der Waals surface area contributed by atoms with Crippen molar-refractivity contribution in [3.05, 3.63) is 0 Å². The zero-order chi connectivity index (χ0) is 7.07.